The normalized spacial score (nSPS) is 15.2. The Morgan fingerprint density at radius 1 is 1.41 bits per heavy atom. The van der Waals surface area contributed by atoms with Gasteiger partial charge in [-0.1, -0.05) is 13.3 Å². The van der Waals surface area contributed by atoms with Crippen LogP contribution in [0.15, 0.2) is 0 Å². The highest BCUT2D eigenvalue weighted by molar-refractivity contribution is 5.68. The first-order valence-electron chi connectivity index (χ1n) is 6.17. The molecule has 0 fully saturated rings. The highest BCUT2D eigenvalue weighted by Crippen LogP contribution is 2.06. The van der Waals surface area contributed by atoms with E-state index >= 15 is 0 Å². The molecule has 0 aromatic heterocycles. The first-order chi connectivity index (χ1) is 7.76. The summed E-state index contributed by atoms with van der Waals surface area (Å²) < 4.78 is 5.10. The van der Waals surface area contributed by atoms with E-state index in [0.717, 1.165) is 19.4 Å². The summed E-state index contributed by atoms with van der Waals surface area (Å²) in [7, 11) is 0. The molecule has 5 nitrogen and oxygen atoms in total. The summed E-state index contributed by atoms with van der Waals surface area (Å²) in [4.78, 5) is 11.4. The summed E-state index contributed by atoms with van der Waals surface area (Å²) in [6.07, 6.45) is 0.791. The molecule has 0 aliphatic heterocycles. The van der Waals surface area contributed by atoms with Crippen LogP contribution in [0.2, 0.25) is 0 Å². The van der Waals surface area contributed by atoms with Crippen LogP contribution >= 0.6 is 0 Å². The molecular weight excluding hydrogens is 220 g/mol. The summed E-state index contributed by atoms with van der Waals surface area (Å²) in [6, 6.07) is -0.387. The van der Waals surface area contributed by atoms with E-state index in [2.05, 4.69) is 17.6 Å². The number of hydrogen-bond donors (Lipinski definition) is 3. The third-order valence-electron chi connectivity index (χ3n) is 2.10. The molecule has 0 aromatic carbocycles. The van der Waals surface area contributed by atoms with E-state index in [-0.39, 0.29) is 6.04 Å². The molecule has 5 heteroatoms. The Morgan fingerprint density at radius 3 is 2.47 bits per heavy atom. The molecule has 17 heavy (non-hydrogen) atoms. The molecular formula is C12H26N2O3. The molecule has 0 spiro atoms. The van der Waals surface area contributed by atoms with E-state index in [1.807, 2.05) is 0 Å². The van der Waals surface area contributed by atoms with E-state index in [9.17, 15) is 9.90 Å². The maximum atomic E-state index is 11.4. The highest BCUT2D eigenvalue weighted by Gasteiger charge is 2.20. The topological polar surface area (TPSA) is 70.6 Å². The molecule has 0 heterocycles. The molecule has 102 valence electrons. The first-order valence-corrected chi connectivity index (χ1v) is 6.17. The lowest BCUT2D eigenvalue weighted by atomic mass is 10.2. The molecule has 0 saturated carbocycles. The van der Waals surface area contributed by atoms with Crippen LogP contribution in [0.5, 0.6) is 0 Å². The van der Waals surface area contributed by atoms with Crippen LogP contribution in [-0.4, -0.2) is 35.6 Å². The Labute approximate surface area is 104 Å². The van der Waals surface area contributed by atoms with Gasteiger partial charge < -0.3 is 15.2 Å². The smallest absolute Gasteiger partial charge is 0.408 e. The van der Waals surface area contributed by atoms with Gasteiger partial charge in [0.05, 0.1) is 6.04 Å². The number of aliphatic hydroxyl groups is 1. The first kappa shape index (κ1) is 16.2. The molecule has 3 N–H and O–H groups in total. The molecule has 0 rings (SSSR count). The number of amides is 1. The van der Waals surface area contributed by atoms with Crippen molar-refractivity contribution in [2.75, 3.05) is 6.54 Å². The maximum absolute atomic E-state index is 11.4. The average Bonchev–Trinajstić information content (AvgIpc) is 2.14. The number of carbonyl (C=O) groups is 1. The number of nitrogens with one attached hydrogen (secondary N) is 2. The van der Waals surface area contributed by atoms with Gasteiger partial charge in [-0.3, -0.25) is 5.32 Å². The minimum atomic E-state index is -0.755. The van der Waals surface area contributed by atoms with Gasteiger partial charge in [-0.25, -0.2) is 4.79 Å². The van der Waals surface area contributed by atoms with Crippen molar-refractivity contribution in [3.8, 4) is 0 Å². The third-order valence-corrected chi connectivity index (χ3v) is 2.10. The Balaban J connectivity index is 3.90. The van der Waals surface area contributed by atoms with E-state index < -0.39 is 17.9 Å². The minimum absolute atomic E-state index is 0.387. The fraction of sp³-hybridized carbons (Fsp3) is 0.917. The fourth-order valence-corrected chi connectivity index (χ4v) is 1.18. The van der Waals surface area contributed by atoms with Crippen molar-refractivity contribution >= 4 is 6.09 Å². The summed E-state index contributed by atoms with van der Waals surface area (Å²) >= 11 is 0. The Bertz CT molecular complexity index is 226. The van der Waals surface area contributed by atoms with Crippen molar-refractivity contribution < 1.29 is 14.6 Å². The van der Waals surface area contributed by atoms with Gasteiger partial charge in [-0.2, -0.15) is 0 Å². The van der Waals surface area contributed by atoms with Gasteiger partial charge >= 0.3 is 6.09 Å². The quantitative estimate of drug-likeness (QED) is 0.492. The average molecular weight is 246 g/mol. The molecule has 2 atom stereocenters. The monoisotopic (exact) mass is 246 g/mol. The zero-order valence-corrected chi connectivity index (χ0v) is 11.5. The number of unbranched alkanes of at least 4 members (excludes halogenated alkanes) is 1. The van der Waals surface area contributed by atoms with Gasteiger partial charge in [0.1, 0.15) is 11.8 Å². The fourth-order valence-electron chi connectivity index (χ4n) is 1.18. The van der Waals surface area contributed by atoms with E-state index in [4.69, 9.17) is 4.74 Å². The van der Waals surface area contributed by atoms with Crippen LogP contribution in [0.3, 0.4) is 0 Å². The van der Waals surface area contributed by atoms with Crippen molar-refractivity contribution in [2.24, 2.45) is 0 Å². The predicted molar refractivity (Wildman–Crippen MR) is 67.7 cm³/mol. The number of alkyl carbamates (subject to hydrolysis) is 1. The number of aliphatic hydroxyl groups excluding tert-OH is 1. The Kier molecular flexibility index (Phi) is 7.15. The largest absolute Gasteiger partial charge is 0.444 e. The predicted octanol–water partition coefficient (Wildman–Crippen LogP) is 1.61. The number of ether oxygens (including phenoxy) is 1. The van der Waals surface area contributed by atoms with E-state index in [0.29, 0.717) is 0 Å². The summed E-state index contributed by atoms with van der Waals surface area (Å²) in [6.45, 7) is 9.94. The van der Waals surface area contributed by atoms with E-state index in [1.54, 1.807) is 27.7 Å². The SMILES string of the molecule is CCCCNC(O)[C@@H](C)NC(=O)OC(C)(C)C. The lowest BCUT2D eigenvalue weighted by Gasteiger charge is -2.24. The van der Waals surface area contributed by atoms with Crippen LogP contribution in [0.1, 0.15) is 47.5 Å². The van der Waals surface area contributed by atoms with Gasteiger partial charge in [-0.05, 0) is 40.7 Å². The number of carbonyl (C=O) groups excluding carboxylic acids is 1. The second-order valence-corrected chi connectivity index (χ2v) is 5.19. The van der Waals surface area contributed by atoms with Gasteiger partial charge in [0.15, 0.2) is 0 Å². The summed E-state index contributed by atoms with van der Waals surface area (Å²) in [5.41, 5.74) is -0.523. The van der Waals surface area contributed by atoms with E-state index in [1.165, 1.54) is 0 Å². The Morgan fingerprint density at radius 2 is 2.00 bits per heavy atom. The van der Waals surface area contributed by atoms with Gasteiger partial charge in [-0.15, -0.1) is 0 Å². The van der Waals surface area contributed by atoms with Crippen molar-refractivity contribution in [3.05, 3.63) is 0 Å². The summed E-state index contributed by atoms with van der Waals surface area (Å²) in [5.74, 6) is 0. The lowest BCUT2D eigenvalue weighted by molar-refractivity contribution is 0.0398. The van der Waals surface area contributed by atoms with Crippen LogP contribution in [0, 0.1) is 0 Å². The van der Waals surface area contributed by atoms with Crippen LogP contribution in [-0.2, 0) is 4.74 Å². The van der Waals surface area contributed by atoms with Gasteiger partial charge in [0.25, 0.3) is 0 Å². The molecule has 0 aliphatic rings. The maximum Gasteiger partial charge on any atom is 0.408 e. The van der Waals surface area contributed by atoms with Crippen molar-refractivity contribution in [2.45, 2.75) is 65.3 Å². The molecule has 0 radical (unpaired) electrons. The highest BCUT2D eigenvalue weighted by atomic mass is 16.6. The van der Waals surface area contributed by atoms with Crippen LogP contribution < -0.4 is 10.6 Å². The van der Waals surface area contributed by atoms with Crippen LogP contribution in [0.25, 0.3) is 0 Å². The van der Waals surface area contributed by atoms with Crippen LogP contribution in [0.4, 0.5) is 4.79 Å². The lowest BCUT2D eigenvalue weighted by Crippen LogP contribution is -2.49. The number of rotatable bonds is 6. The zero-order valence-electron chi connectivity index (χ0n) is 11.5. The third kappa shape index (κ3) is 8.94. The molecule has 0 aliphatic carbocycles. The Hall–Kier alpha value is -0.810. The molecule has 0 aromatic rings. The standard InChI is InChI=1S/C12H26N2O3/c1-6-7-8-13-10(15)9(2)14-11(16)17-12(3,4)5/h9-10,13,15H,6-8H2,1-5H3,(H,14,16)/t9-,10?/m1/s1. The summed E-state index contributed by atoms with van der Waals surface area (Å²) in [5, 5.41) is 15.2. The van der Waals surface area contributed by atoms with Crippen molar-refractivity contribution in [1.82, 2.24) is 10.6 Å². The van der Waals surface area contributed by atoms with Gasteiger partial charge in [0, 0.05) is 0 Å². The second-order valence-electron chi connectivity index (χ2n) is 5.19. The minimum Gasteiger partial charge on any atom is -0.444 e. The molecule has 1 amide bonds. The zero-order chi connectivity index (χ0) is 13.5. The second kappa shape index (κ2) is 7.50. The number of hydrogen-bond acceptors (Lipinski definition) is 4. The van der Waals surface area contributed by atoms with Crippen molar-refractivity contribution in [1.29, 1.82) is 0 Å². The van der Waals surface area contributed by atoms with Crippen molar-refractivity contribution in [3.63, 3.8) is 0 Å². The molecule has 0 saturated heterocycles. The van der Waals surface area contributed by atoms with Gasteiger partial charge in [0.2, 0.25) is 0 Å². The molecule has 0 bridgehead atoms. The molecule has 1 unspecified atom stereocenters.